The van der Waals surface area contributed by atoms with E-state index < -0.39 is 48.5 Å². The van der Waals surface area contributed by atoms with Crippen molar-refractivity contribution in [1.82, 2.24) is 10.2 Å². The van der Waals surface area contributed by atoms with Crippen molar-refractivity contribution in [3.05, 3.63) is 65.2 Å². The summed E-state index contributed by atoms with van der Waals surface area (Å²) in [6, 6.07) is 8.00. The molecule has 0 spiro atoms. The molecule has 1 aliphatic heterocycles. The second kappa shape index (κ2) is 8.14. The van der Waals surface area contributed by atoms with Crippen molar-refractivity contribution in [3.63, 3.8) is 0 Å². The van der Waals surface area contributed by atoms with E-state index in [-0.39, 0.29) is 11.3 Å². The molecule has 1 fully saturated rings. The number of hydrogen-bond donors (Lipinski definition) is 2. The number of β-amino-alcohol motifs (C(OH)–C–C–N with tert-alkyl or cyclic N) is 1. The van der Waals surface area contributed by atoms with Crippen molar-refractivity contribution < 1.29 is 41.4 Å². The number of nitrogens with one attached hydrogen (secondary N) is 1. The minimum absolute atomic E-state index is 0.0932. The Morgan fingerprint density at radius 1 is 1.06 bits per heavy atom. The molecule has 2 N–H and O–H groups in total. The van der Waals surface area contributed by atoms with Gasteiger partial charge in [0.1, 0.15) is 11.3 Å². The fourth-order valence-electron chi connectivity index (χ4n) is 3.20. The Kier molecular flexibility index (Phi) is 5.90. The summed E-state index contributed by atoms with van der Waals surface area (Å²) in [6.45, 7) is -2.10. The van der Waals surface area contributed by atoms with Gasteiger partial charge in [0, 0.05) is 0 Å². The number of rotatable bonds is 6. The highest BCUT2D eigenvalue weighted by Crippen LogP contribution is 2.33. The van der Waals surface area contributed by atoms with E-state index >= 15 is 0 Å². The SMILES string of the molecule is CC1(c2ccc(OC(F)F)cc2)NC(=O)N(CC(O)c2ccc(C(F)(F)F)cc2)C1=O. The summed E-state index contributed by atoms with van der Waals surface area (Å²) in [5, 5.41) is 12.8. The molecule has 0 radical (unpaired) electrons. The zero-order valence-electron chi connectivity index (χ0n) is 16.0. The van der Waals surface area contributed by atoms with Crippen molar-refractivity contribution in [2.45, 2.75) is 31.4 Å². The molecule has 3 rings (SSSR count). The summed E-state index contributed by atoms with van der Waals surface area (Å²) >= 11 is 0. The first-order valence-corrected chi connectivity index (χ1v) is 8.96. The van der Waals surface area contributed by atoms with Crippen LogP contribution in [0.25, 0.3) is 0 Å². The van der Waals surface area contributed by atoms with Gasteiger partial charge in [-0.1, -0.05) is 24.3 Å². The van der Waals surface area contributed by atoms with Crippen molar-refractivity contribution in [2.75, 3.05) is 6.54 Å². The molecular weight excluding hydrogens is 427 g/mol. The smallest absolute Gasteiger partial charge is 0.416 e. The van der Waals surface area contributed by atoms with E-state index in [1.807, 2.05) is 0 Å². The molecule has 3 amide bonds. The number of imide groups is 1. The average Bonchev–Trinajstić information content (AvgIpc) is 2.91. The molecule has 1 aliphatic rings. The number of alkyl halides is 5. The predicted molar refractivity (Wildman–Crippen MR) is 97.1 cm³/mol. The Morgan fingerprint density at radius 3 is 2.16 bits per heavy atom. The highest BCUT2D eigenvalue weighted by Gasteiger charge is 2.49. The van der Waals surface area contributed by atoms with Gasteiger partial charge in [-0.2, -0.15) is 22.0 Å². The first-order valence-electron chi connectivity index (χ1n) is 8.96. The van der Waals surface area contributed by atoms with Crippen LogP contribution in [0.1, 0.15) is 29.7 Å². The first kappa shape index (κ1) is 22.5. The lowest BCUT2D eigenvalue weighted by atomic mass is 9.92. The Hall–Kier alpha value is -3.21. The summed E-state index contributed by atoms with van der Waals surface area (Å²) in [6.07, 6.45) is -5.95. The number of halogens is 5. The number of aliphatic hydroxyl groups is 1. The van der Waals surface area contributed by atoms with Crippen LogP contribution in [0.2, 0.25) is 0 Å². The molecule has 2 aromatic carbocycles. The fraction of sp³-hybridized carbons (Fsp3) is 0.300. The van der Waals surface area contributed by atoms with Gasteiger partial charge in [-0.25, -0.2) is 4.79 Å². The van der Waals surface area contributed by atoms with Crippen LogP contribution in [0.15, 0.2) is 48.5 Å². The summed E-state index contributed by atoms with van der Waals surface area (Å²) in [5.41, 5.74) is -2.04. The molecule has 0 bridgehead atoms. The van der Waals surface area contributed by atoms with Crippen LogP contribution in [0, 0.1) is 0 Å². The van der Waals surface area contributed by atoms with E-state index in [4.69, 9.17) is 0 Å². The van der Waals surface area contributed by atoms with Crippen molar-refractivity contribution in [2.24, 2.45) is 0 Å². The zero-order chi connectivity index (χ0) is 23.0. The van der Waals surface area contributed by atoms with Gasteiger partial charge in [0.25, 0.3) is 5.91 Å². The predicted octanol–water partition coefficient (Wildman–Crippen LogP) is 3.81. The molecule has 166 valence electrons. The van der Waals surface area contributed by atoms with Gasteiger partial charge < -0.3 is 15.2 Å². The molecule has 6 nitrogen and oxygen atoms in total. The quantitative estimate of drug-likeness (QED) is 0.525. The third-order valence-electron chi connectivity index (χ3n) is 4.91. The van der Waals surface area contributed by atoms with Crippen LogP contribution in [0.5, 0.6) is 5.75 Å². The summed E-state index contributed by atoms with van der Waals surface area (Å²) in [5.74, 6) is -0.848. The Balaban J connectivity index is 1.75. The second-order valence-corrected chi connectivity index (χ2v) is 7.01. The van der Waals surface area contributed by atoms with E-state index in [0.717, 1.165) is 29.2 Å². The highest BCUT2D eigenvalue weighted by atomic mass is 19.4. The standard InChI is InChI=1S/C20H17F5N2O4/c1-19(12-6-8-14(9-7-12)31-17(21)22)16(29)27(18(30)26-19)10-15(28)11-2-4-13(5-3-11)20(23,24)25/h2-9,15,17,28H,10H2,1H3,(H,26,30). The fourth-order valence-corrected chi connectivity index (χ4v) is 3.20. The van der Waals surface area contributed by atoms with E-state index in [0.29, 0.717) is 5.56 Å². The van der Waals surface area contributed by atoms with Crippen molar-refractivity contribution in [3.8, 4) is 5.75 Å². The molecule has 2 unspecified atom stereocenters. The number of aliphatic hydroxyl groups excluding tert-OH is 1. The monoisotopic (exact) mass is 444 g/mol. The Morgan fingerprint density at radius 2 is 1.65 bits per heavy atom. The van der Waals surface area contributed by atoms with Crippen molar-refractivity contribution in [1.29, 1.82) is 0 Å². The lowest BCUT2D eigenvalue weighted by molar-refractivity contribution is -0.137. The minimum atomic E-state index is -4.54. The molecule has 11 heteroatoms. The summed E-state index contributed by atoms with van der Waals surface area (Å²) in [4.78, 5) is 26.0. The zero-order valence-corrected chi connectivity index (χ0v) is 16.0. The lowest BCUT2D eigenvalue weighted by Crippen LogP contribution is -2.41. The Bertz CT molecular complexity index is 963. The van der Waals surface area contributed by atoms with Gasteiger partial charge in [-0.15, -0.1) is 0 Å². The molecule has 0 saturated carbocycles. The number of urea groups is 1. The van der Waals surface area contributed by atoms with Gasteiger partial charge >= 0.3 is 18.8 Å². The number of hydrogen-bond acceptors (Lipinski definition) is 4. The van der Waals surface area contributed by atoms with Crippen molar-refractivity contribution >= 4 is 11.9 Å². The largest absolute Gasteiger partial charge is 0.435 e. The van der Waals surface area contributed by atoms with Gasteiger partial charge in [0.2, 0.25) is 0 Å². The number of carbonyl (C=O) groups excluding carboxylic acids is 2. The molecule has 0 aliphatic carbocycles. The van der Waals surface area contributed by atoms with Gasteiger partial charge in [0.15, 0.2) is 0 Å². The van der Waals surface area contributed by atoms with Crippen LogP contribution in [0.4, 0.5) is 26.7 Å². The number of benzene rings is 2. The average molecular weight is 444 g/mol. The van der Waals surface area contributed by atoms with Crippen LogP contribution in [0.3, 0.4) is 0 Å². The number of nitrogens with zero attached hydrogens (tertiary/aromatic N) is 1. The van der Waals surface area contributed by atoms with Gasteiger partial charge in [-0.3, -0.25) is 9.69 Å². The normalized spacial score (nSPS) is 20.2. The Labute approximate surface area is 173 Å². The summed E-state index contributed by atoms with van der Waals surface area (Å²) < 4.78 is 66.8. The molecule has 1 heterocycles. The summed E-state index contributed by atoms with van der Waals surface area (Å²) in [7, 11) is 0. The highest BCUT2D eigenvalue weighted by molar-refractivity contribution is 6.07. The molecule has 1 saturated heterocycles. The minimum Gasteiger partial charge on any atom is -0.435 e. The van der Waals surface area contributed by atoms with E-state index in [1.54, 1.807) is 0 Å². The number of carbonyl (C=O) groups is 2. The maximum absolute atomic E-state index is 12.9. The van der Waals surface area contributed by atoms with E-state index in [1.165, 1.54) is 31.2 Å². The van der Waals surface area contributed by atoms with Crippen LogP contribution >= 0.6 is 0 Å². The molecule has 0 aromatic heterocycles. The van der Waals surface area contributed by atoms with Gasteiger partial charge in [-0.05, 0) is 42.3 Å². The molecule has 31 heavy (non-hydrogen) atoms. The molecule has 2 atom stereocenters. The van der Waals surface area contributed by atoms with Crippen LogP contribution < -0.4 is 10.1 Å². The molecular formula is C20H17F5N2O4. The first-order chi connectivity index (χ1) is 14.4. The number of amides is 3. The van der Waals surface area contributed by atoms with E-state index in [9.17, 15) is 36.6 Å². The van der Waals surface area contributed by atoms with E-state index in [2.05, 4.69) is 10.1 Å². The van der Waals surface area contributed by atoms with Crippen LogP contribution in [-0.2, 0) is 16.5 Å². The third-order valence-corrected chi connectivity index (χ3v) is 4.91. The lowest BCUT2D eigenvalue weighted by Gasteiger charge is -2.23. The molecule has 2 aromatic rings. The van der Waals surface area contributed by atoms with Gasteiger partial charge in [0.05, 0.1) is 18.2 Å². The number of ether oxygens (including phenoxy) is 1. The van der Waals surface area contributed by atoms with Crippen LogP contribution in [-0.4, -0.2) is 35.1 Å². The topological polar surface area (TPSA) is 78.9 Å². The third kappa shape index (κ3) is 4.61. The second-order valence-electron chi connectivity index (χ2n) is 7.01. The maximum atomic E-state index is 12.9. The maximum Gasteiger partial charge on any atom is 0.416 e.